The van der Waals surface area contributed by atoms with E-state index in [1.807, 2.05) is 12.1 Å². The minimum atomic E-state index is -0.00351. The maximum Gasteiger partial charge on any atom is 0.238 e. The highest BCUT2D eigenvalue weighted by Crippen LogP contribution is 2.25. The van der Waals surface area contributed by atoms with Crippen molar-refractivity contribution in [2.24, 2.45) is 0 Å². The van der Waals surface area contributed by atoms with E-state index in [0.29, 0.717) is 23.3 Å². The molecule has 0 atom stereocenters. The first kappa shape index (κ1) is 17.7. The van der Waals surface area contributed by atoms with Gasteiger partial charge < -0.3 is 10.6 Å². The van der Waals surface area contributed by atoms with Gasteiger partial charge in [0.05, 0.1) is 17.3 Å². The zero-order valence-electron chi connectivity index (χ0n) is 12.9. The lowest BCUT2D eigenvalue weighted by Gasteiger charge is -2.34. The van der Waals surface area contributed by atoms with Crippen molar-refractivity contribution >= 4 is 39.1 Å². The summed E-state index contributed by atoms with van der Waals surface area (Å²) in [5.74, 6) is -0.00351. The van der Waals surface area contributed by atoms with Crippen LogP contribution in [-0.2, 0) is 4.79 Å². The number of carbonyl (C=O) groups is 1. The summed E-state index contributed by atoms with van der Waals surface area (Å²) in [5.41, 5.74) is 0.664. The monoisotopic (exact) mass is 387 g/mol. The molecule has 122 valence electrons. The largest absolute Gasteiger partial charge is 0.324 e. The van der Waals surface area contributed by atoms with E-state index < -0.39 is 0 Å². The summed E-state index contributed by atoms with van der Waals surface area (Å²) in [6.07, 6.45) is 3.26. The van der Waals surface area contributed by atoms with Gasteiger partial charge in [-0.1, -0.05) is 34.5 Å². The number of rotatable bonds is 6. The Morgan fingerprint density at radius 3 is 2.82 bits per heavy atom. The topological polar surface area (TPSA) is 44.4 Å². The summed E-state index contributed by atoms with van der Waals surface area (Å²) in [7, 11) is 0. The number of nitrogens with one attached hydrogen (secondary N) is 2. The lowest BCUT2D eigenvalue weighted by molar-refractivity contribution is -0.118. The molecule has 6 heteroatoms. The summed E-state index contributed by atoms with van der Waals surface area (Å²) in [4.78, 5) is 14.6. The number of nitrogens with zero attached hydrogens (tertiary/aromatic N) is 1. The Morgan fingerprint density at radius 2 is 2.18 bits per heavy atom. The second-order valence-corrected chi connectivity index (χ2v) is 6.95. The van der Waals surface area contributed by atoms with Crippen LogP contribution in [-0.4, -0.2) is 43.0 Å². The zero-order chi connectivity index (χ0) is 15.9. The summed E-state index contributed by atoms with van der Waals surface area (Å²) >= 11 is 9.52. The molecule has 1 aromatic carbocycles. The van der Waals surface area contributed by atoms with Crippen LogP contribution in [0.15, 0.2) is 22.7 Å². The second-order valence-electron chi connectivity index (χ2n) is 5.62. The number of halogens is 2. The van der Waals surface area contributed by atoms with Gasteiger partial charge in [0.15, 0.2) is 0 Å². The fourth-order valence-corrected chi connectivity index (χ4v) is 3.54. The van der Waals surface area contributed by atoms with Crippen molar-refractivity contribution in [3.05, 3.63) is 27.7 Å². The SMILES string of the molecule is CCCN(CC(=O)Nc1ccc(Br)cc1Cl)C1CCNCC1. The standard InChI is InChI=1S/C16H23BrClN3O/c1-2-9-21(13-5-7-19-8-6-13)11-16(22)20-15-4-3-12(17)10-14(15)18/h3-4,10,13,19H,2,5-9,11H2,1H3,(H,20,22). The number of piperidine rings is 1. The molecule has 0 spiro atoms. The average Bonchev–Trinajstić information content (AvgIpc) is 2.50. The molecular weight excluding hydrogens is 366 g/mol. The molecular formula is C16H23BrClN3O. The molecule has 0 radical (unpaired) electrons. The Hall–Kier alpha value is -0.620. The van der Waals surface area contributed by atoms with Gasteiger partial charge in [-0.15, -0.1) is 0 Å². The van der Waals surface area contributed by atoms with Gasteiger partial charge in [-0.2, -0.15) is 0 Å². The molecule has 0 saturated carbocycles. The molecule has 2 N–H and O–H groups in total. The lowest BCUT2D eigenvalue weighted by Crippen LogP contribution is -2.46. The van der Waals surface area contributed by atoms with E-state index >= 15 is 0 Å². The van der Waals surface area contributed by atoms with Crippen LogP contribution in [0.3, 0.4) is 0 Å². The van der Waals surface area contributed by atoms with Crippen molar-refractivity contribution in [2.45, 2.75) is 32.2 Å². The molecule has 1 fully saturated rings. The smallest absolute Gasteiger partial charge is 0.238 e. The molecule has 0 aliphatic carbocycles. The molecule has 1 heterocycles. The quantitative estimate of drug-likeness (QED) is 0.784. The van der Waals surface area contributed by atoms with E-state index in [1.54, 1.807) is 6.07 Å². The average molecular weight is 389 g/mol. The summed E-state index contributed by atoms with van der Waals surface area (Å²) in [5, 5.41) is 6.83. The first-order valence-electron chi connectivity index (χ1n) is 7.80. The maximum absolute atomic E-state index is 12.3. The number of hydrogen-bond acceptors (Lipinski definition) is 3. The Kier molecular flexibility index (Phi) is 7.15. The molecule has 1 saturated heterocycles. The predicted octanol–water partition coefficient (Wildman–Crippen LogP) is 3.51. The van der Waals surface area contributed by atoms with E-state index in [-0.39, 0.29) is 5.91 Å². The number of carbonyl (C=O) groups excluding carboxylic acids is 1. The first-order valence-corrected chi connectivity index (χ1v) is 8.97. The van der Waals surface area contributed by atoms with Gasteiger partial charge in [0, 0.05) is 10.5 Å². The van der Waals surface area contributed by atoms with Crippen LogP contribution < -0.4 is 10.6 Å². The van der Waals surface area contributed by atoms with Crippen LogP contribution in [0, 0.1) is 0 Å². The van der Waals surface area contributed by atoms with E-state index in [9.17, 15) is 4.79 Å². The number of amides is 1. The van der Waals surface area contributed by atoms with E-state index in [4.69, 9.17) is 11.6 Å². The van der Waals surface area contributed by atoms with Gasteiger partial charge in [-0.3, -0.25) is 9.69 Å². The van der Waals surface area contributed by atoms with Crippen LogP contribution in [0.2, 0.25) is 5.02 Å². The van der Waals surface area contributed by atoms with Gasteiger partial charge >= 0.3 is 0 Å². The minimum Gasteiger partial charge on any atom is -0.324 e. The van der Waals surface area contributed by atoms with Crippen molar-refractivity contribution in [3.63, 3.8) is 0 Å². The normalized spacial score (nSPS) is 16.0. The molecule has 2 rings (SSSR count). The van der Waals surface area contributed by atoms with E-state index in [1.165, 1.54) is 0 Å². The number of anilines is 1. The predicted molar refractivity (Wildman–Crippen MR) is 95.5 cm³/mol. The molecule has 0 aromatic heterocycles. The molecule has 0 unspecified atom stereocenters. The Labute approximate surface area is 145 Å². The van der Waals surface area contributed by atoms with Crippen LogP contribution >= 0.6 is 27.5 Å². The Bertz CT molecular complexity index is 506. The van der Waals surface area contributed by atoms with Crippen molar-refractivity contribution in [1.29, 1.82) is 0 Å². The van der Waals surface area contributed by atoms with Crippen molar-refractivity contribution in [3.8, 4) is 0 Å². The van der Waals surface area contributed by atoms with Crippen LogP contribution in [0.25, 0.3) is 0 Å². The fourth-order valence-electron chi connectivity index (χ4n) is 2.81. The summed E-state index contributed by atoms with van der Waals surface area (Å²) < 4.78 is 0.901. The fraction of sp³-hybridized carbons (Fsp3) is 0.562. The van der Waals surface area contributed by atoms with Crippen molar-refractivity contribution in [2.75, 3.05) is 31.5 Å². The molecule has 1 aliphatic rings. The molecule has 4 nitrogen and oxygen atoms in total. The first-order chi connectivity index (χ1) is 10.6. The third-order valence-corrected chi connectivity index (χ3v) is 4.69. The van der Waals surface area contributed by atoms with Crippen molar-refractivity contribution < 1.29 is 4.79 Å². The Balaban J connectivity index is 1.95. The zero-order valence-corrected chi connectivity index (χ0v) is 15.2. The molecule has 0 bridgehead atoms. The molecule has 1 aromatic rings. The van der Waals surface area contributed by atoms with Crippen LogP contribution in [0.4, 0.5) is 5.69 Å². The summed E-state index contributed by atoms with van der Waals surface area (Å²) in [6, 6.07) is 5.97. The third-order valence-electron chi connectivity index (χ3n) is 3.89. The van der Waals surface area contributed by atoms with E-state index in [0.717, 1.165) is 43.4 Å². The summed E-state index contributed by atoms with van der Waals surface area (Å²) in [6.45, 7) is 5.59. The highest BCUT2D eigenvalue weighted by atomic mass is 79.9. The minimum absolute atomic E-state index is 0.00351. The van der Waals surface area contributed by atoms with Gasteiger partial charge in [-0.05, 0) is 57.1 Å². The van der Waals surface area contributed by atoms with Crippen LogP contribution in [0.1, 0.15) is 26.2 Å². The van der Waals surface area contributed by atoms with Gasteiger partial charge in [-0.25, -0.2) is 0 Å². The highest BCUT2D eigenvalue weighted by molar-refractivity contribution is 9.10. The highest BCUT2D eigenvalue weighted by Gasteiger charge is 2.22. The molecule has 1 amide bonds. The van der Waals surface area contributed by atoms with Crippen LogP contribution in [0.5, 0.6) is 0 Å². The van der Waals surface area contributed by atoms with E-state index in [2.05, 4.69) is 38.4 Å². The number of benzene rings is 1. The maximum atomic E-state index is 12.3. The Morgan fingerprint density at radius 1 is 1.45 bits per heavy atom. The van der Waals surface area contributed by atoms with Crippen molar-refractivity contribution in [1.82, 2.24) is 10.2 Å². The lowest BCUT2D eigenvalue weighted by atomic mass is 10.0. The second kappa shape index (κ2) is 8.87. The molecule has 1 aliphatic heterocycles. The van der Waals surface area contributed by atoms with Gasteiger partial charge in [0.25, 0.3) is 0 Å². The molecule has 22 heavy (non-hydrogen) atoms. The number of hydrogen-bond donors (Lipinski definition) is 2. The third kappa shape index (κ3) is 5.23. The van der Waals surface area contributed by atoms with Gasteiger partial charge in [0.2, 0.25) is 5.91 Å². The van der Waals surface area contributed by atoms with Gasteiger partial charge in [0.1, 0.15) is 0 Å².